The predicted molar refractivity (Wildman–Crippen MR) is 84.7 cm³/mol. The Labute approximate surface area is 128 Å². The van der Waals surface area contributed by atoms with Crippen molar-refractivity contribution >= 4 is 41.3 Å². The van der Waals surface area contributed by atoms with Crippen LogP contribution in [-0.4, -0.2) is 30.6 Å². The molecule has 7 heteroatoms. The van der Waals surface area contributed by atoms with Crippen molar-refractivity contribution in [1.29, 1.82) is 0 Å². The maximum atomic E-state index is 5.23. The number of rotatable bonds is 4. The number of hydrogen-bond acceptors (Lipinski definition) is 6. The van der Waals surface area contributed by atoms with E-state index in [1.165, 1.54) is 0 Å². The summed E-state index contributed by atoms with van der Waals surface area (Å²) in [5.41, 5.74) is 1.03. The number of aliphatic imine (C=N–C) groups is 1. The van der Waals surface area contributed by atoms with E-state index >= 15 is 0 Å². The van der Waals surface area contributed by atoms with Crippen molar-refractivity contribution in [2.45, 2.75) is 32.5 Å². The highest BCUT2D eigenvalue weighted by Crippen LogP contribution is 2.20. The zero-order valence-electron chi connectivity index (χ0n) is 10.8. The molecule has 2 rings (SSSR count). The summed E-state index contributed by atoms with van der Waals surface area (Å²) in [7, 11) is 1.70. The average Bonchev–Trinajstić information content (AvgIpc) is 2.94. The van der Waals surface area contributed by atoms with Gasteiger partial charge in [0.2, 0.25) is 0 Å². The lowest BCUT2D eigenvalue weighted by atomic mass is 10.4. The molecule has 2 heterocycles. The Morgan fingerprint density at radius 3 is 3.06 bits per heavy atom. The second-order valence-electron chi connectivity index (χ2n) is 4.14. The van der Waals surface area contributed by atoms with E-state index in [1.807, 2.05) is 6.92 Å². The number of methoxy groups -OCH3 is 1. The lowest BCUT2D eigenvalue weighted by Gasteiger charge is -2.07. The molecule has 0 aliphatic carbocycles. The van der Waals surface area contributed by atoms with Crippen LogP contribution in [0.4, 0.5) is 0 Å². The van der Waals surface area contributed by atoms with Gasteiger partial charge in [0, 0.05) is 18.5 Å². The van der Waals surface area contributed by atoms with Gasteiger partial charge in [0.1, 0.15) is 11.1 Å². The molecule has 0 fully saturated rings. The van der Waals surface area contributed by atoms with Crippen molar-refractivity contribution in [2.75, 3.05) is 13.7 Å². The maximum absolute atomic E-state index is 5.23. The van der Waals surface area contributed by atoms with E-state index in [2.05, 4.69) is 32.9 Å². The summed E-state index contributed by atoms with van der Waals surface area (Å²) in [4.78, 5) is 8.84. The maximum Gasteiger partial charge on any atom is 0.191 e. The highest BCUT2D eigenvalue weighted by Gasteiger charge is 2.13. The van der Waals surface area contributed by atoms with Crippen LogP contribution in [0, 0.1) is 0 Å². The molecule has 1 aromatic rings. The van der Waals surface area contributed by atoms with Gasteiger partial charge in [0.15, 0.2) is 5.96 Å². The molecule has 0 spiro atoms. The number of guanidine groups is 1. The number of hydrogen-bond donors (Lipinski definition) is 2. The Morgan fingerprint density at radius 1 is 1.67 bits per heavy atom. The molecule has 0 saturated heterocycles. The molecule has 0 saturated carbocycles. The third kappa shape index (κ3) is 4.06. The molecule has 5 nitrogen and oxygen atoms in total. The fourth-order valence-electron chi connectivity index (χ4n) is 1.53. The third-order valence-corrected chi connectivity index (χ3v) is 3.67. The van der Waals surface area contributed by atoms with Crippen LogP contribution in [0.15, 0.2) is 10.4 Å². The standard InChI is InChI=1S/C11H18N4OS.HI/c1-7-4-12-11(14-7)13-5-9-6-17-10(15-9)8(2)16-3;/h6-8H,4-5H2,1-3H3,(H2,12,13,14);1H. The molecule has 2 N–H and O–H groups in total. The molecule has 102 valence electrons. The van der Waals surface area contributed by atoms with Crippen molar-refractivity contribution < 1.29 is 4.74 Å². The van der Waals surface area contributed by atoms with Gasteiger partial charge in [-0.3, -0.25) is 4.99 Å². The Morgan fingerprint density at radius 2 is 2.44 bits per heavy atom. The Balaban J connectivity index is 0.00000162. The second kappa shape index (κ2) is 7.25. The normalized spacial score (nSPS) is 19.7. The van der Waals surface area contributed by atoms with Crippen LogP contribution in [0.1, 0.15) is 30.7 Å². The summed E-state index contributed by atoms with van der Waals surface area (Å²) in [6, 6.07) is 0.428. The van der Waals surface area contributed by atoms with Gasteiger partial charge in [-0.15, -0.1) is 35.3 Å². The highest BCUT2D eigenvalue weighted by molar-refractivity contribution is 14.0. The fourth-order valence-corrected chi connectivity index (χ4v) is 2.38. The van der Waals surface area contributed by atoms with Crippen molar-refractivity contribution in [3.8, 4) is 0 Å². The molecule has 1 aliphatic rings. The Hall–Kier alpha value is -0.410. The smallest absolute Gasteiger partial charge is 0.191 e. The van der Waals surface area contributed by atoms with Gasteiger partial charge in [-0.05, 0) is 13.8 Å². The quantitative estimate of drug-likeness (QED) is 0.782. The fraction of sp³-hybridized carbons (Fsp3) is 0.636. The van der Waals surface area contributed by atoms with Gasteiger partial charge in [0.25, 0.3) is 0 Å². The molecule has 18 heavy (non-hydrogen) atoms. The van der Waals surface area contributed by atoms with Crippen LogP contribution in [0.5, 0.6) is 0 Å². The molecule has 0 amide bonds. The van der Waals surface area contributed by atoms with E-state index in [-0.39, 0.29) is 30.1 Å². The summed E-state index contributed by atoms with van der Waals surface area (Å²) in [6.45, 7) is 5.65. The lowest BCUT2D eigenvalue weighted by Crippen LogP contribution is -2.37. The summed E-state index contributed by atoms with van der Waals surface area (Å²) >= 11 is 1.63. The summed E-state index contributed by atoms with van der Waals surface area (Å²) in [5.74, 6) is 0.867. The van der Waals surface area contributed by atoms with Crippen LogP contribution in [0.25, 0.3) is 0 Å². The van der Waals surface area contributed by atoms with Crippen LogP contribution in [0.2, 0.25) is 0 Å². The van der Waals surface area contributed by atoms with Crippen LogP contribution < -0.4 is 10.6 Å². The van der Waals surface area contributed by atoms with Crippen LogP contribution >= 0.6 is 35.3 Å². The molecule has 1 aromatic heterocycles. The molecule has 0 bridgehead atoms. The largest absolute Gasteiger partial charge is 0.375 e. The Kier molecular flexibility index (Phi) is 6.30. The topological polar surface area (TPSA) is 58.5 Å². The minimum absolute atomic E-state index is 0. The predicted octanol–water partition coefficient (Wildman–Crippen LogP) is 1.91. The van der Waals surface area contributed by atoms with Gasteiger partial charge in [-0.2, -0.15) is 0 Å². The number of halogens is 1. The summed E-state index contributed by atoms with van der Waals surface area (Å²) in [6.07, 6.45) is 0.0655. The first-order valence-corrected chi connectivity index (χ1v) is 6.59. The van der Waals surface area contributed by atoms with Gasteiger partial charge in [-0.1, -0.05) is 0 Å². The zero-order chi connectivity index (χ0) is 12.3. The molecule has 1 aliphatic heterocycles. The Bertz CT molecular complexity index is 410. The first-order valence-electron chi connectivity index (χ1n) is 5.71. The van der Waals surface area contributed by atoms with Gasteiger partial charge in [-0.25, -0.2) is 4.98 Å². The van der Waals surface area contributed by atoms with E-state index in [0.29, 0.717) is 12.6 Å². The number of ether oxygens (including phenoxy) is 1. The van der Waals surface area contributed by atoms with E-state index in [9.17, 15) is 0 Å². The van der Waals surface area contributed by atoms with E-state index in [1.54, 1.807) is 18.4 Å². The van der Waals surface area contributed by atoms with Crippen LogP contribution in [0.3, 0.4) is 0 Å². The molecule has 2 unspecified atom stereocenters. The van der Waals surface area contributed by atoms with E-state index in [4.69, 9.17) is 4.74 Å². The van der Waals surface area contributed by atoms with Crippen LogP contribution in [-0.2, 0) is 11.3 Å². The SMILES string of the molecule is COC(C)c1nc(CNC2=NCC(C)N2)cs1.I. The molecule has 0 radical (unpaired) electrons. The van der Waals surface area contributed by atoms with E-state index < -0.39 is 0 Å². The second-order valence-corrected chi connectivity index (χ2v) is 5.03. The van der Waals surface area contributed by atoms with Gasteiger partial charge in [0.05, 0.1) is 18.8 Å². The average molecular weight is 382 g/mol. The lowest BCUT2D eigenvalue weighted by molar-refractivity contribution is 0.119. The minimum Gasteiger partial charge on any atom is -0.375 e. The summed E-state index contributed by atoms with van der Waals surface area (Å²) in [5, 5.41) is 9.56. The molecule has 0 aromatic carbocycles. The van der Waals surface area contributed by atoms with Crippen molar-refractivity contribution in [1.82, 2.24) is 15.6 Å². The summed E-state index contributed by atoms with van der Waals surface area (Å²) < 4.78 is 5.23. The number of thiazole rings is 1. The third-order valence-electron chi connectivity index (χ3n) is 2.61. The van der Waals surface area contributed by atoms with Crippen molar-refractivity contribution in [2.24, 2.45) is 4.99 Å². The molecular weight excluding hydrogens is 363 g/mol. The number of nitrogens with zero attached hydrogens (tertiary/aromatic N) is 2. The van der Waals surface area contributed by atoms with Crippen molar-refractivity contribution in [3.63, 3.8) is 0 Å². The monoisotopic (exact) mass is 382 g/mol. The van der Waals surface area contributed by atoms with Crippen molar-refractivity contribution in [3.05, 3.63) is 16.1 Å². The number of nitrogens with one attached hydrogen (secondary N) is 2. The minimum atomic E-state index is 0. The first kappa shape index (κ1) is 15.6. The molecular formula is C11H19IN4OS. The number of aromatic nitrogens is 1. The zero-order valence-corrected chi connectivity index (χ0v) is 13.9. The molecule has 2 atom stereocenters. The van der Waals surface area contributed by atoms with Gasteiger partial charge < -0.3 is 15.4 Å². The highest BCUT2D eigenvalue weighted by atomic mass is 127. The van der Waals surface area contributed by atoms with E-state index in [0.717, 1.165) is 23.2 Å². The first-order chi connectivity index (χ1) is 8.19. The van der Waals surface area contributed by atoms with Gasteiger partial charge >= 0.3 is 0 Å².